The van der Waals surface area contributed by atoms with E-state index in [4.69, 9.17) is 32.8 Å². The molecule has 0 amide bonds. The number of nitrogens with zero attached hydrogens (tertiary/aromatic N) is 3. The van der Waals surface area contributed by atoms with Crippen molar-refractivity contribution in [2.75, 3.05) is 18.0 Å². The second-order valence-electron chi connectivity index (χ2n) is 9.72. The molecule has 1 aromatic carbocycles. The van der Waals surface area contributed by atoms with Gasteiger partial charge in [0.15, 0.2) is 0 Å². The van der Waals surface area contributed by atoms with E-state index in [2.05, 4.69) is 21.1 Å². The van der Waals surface area contributed by atoms with Crippen LogP contribution in [0.25, 0.3) is 17.3 Å². The second kappa shape index (κ2) is 8.14. The van der Waals surface area contributed by atoms with Gasteiger partial charge in [0, 0.05) is 36.3 Å². The molecule has 0 atom stereocenters. The van der Waals surface area contributed by atoms with Crippen LogP contribution in [-0.4, -0.2) is 34.3 Å². The van der Waals surface area contributed by atoms with E-state index < -0.39 is 5.97 Å². The normalized spacial score (nSPS) is 21.7. The number of carboxylic acids is 1. The molecule has 174 valence electrons. The first-order chi connectivity index (χ1) is 16.4. The van der Waals surface area contributed by atoms with E-state index in [0.717, 1.165) is 73.6 Å². The van der Waals surface area contributed by atoms with Crippen LogP contribution in [0.1, 0.15) is 59.7 Å². The van der Waals surface area contributed by atoms with Crippen molar-refractivity contribution in [1.82, 2.24) is 10.1 Å². The Labute approximate surface area is 207 Å². The average Bonchev–Trinajstić information content (AvgIpc) is 3.41. The molecule has 0 unspecified atom stereocenters. The monoisotopic (exact) mass is 495 g/mol. The average molecular weight is 496 g/mol. The summed E-state index contributed by atoms with van der Waals surface area (Å²) in [5.41, 5.74) is 4.29. The van der Waals surface area contributed by atoms with Crippen molar-refractivity contribution in [3.05, 3.63) is 69.0 Å². The molecule has 2 saturated carbocycles. The Morgan fingerprint density at radius 2 is 1.94 bits per heavy atom. The van der Waals surface area contributed by atoms with Gasteiger partial charge in [-0.15, -0.1) is 0 Å². The van der Waals surface area contributed by atoms with Crippen LogP contribution in [0.15, 0.2) is 46.6 Å². The third-order valence-electron chi connectivity index (χ3n) is 7.21. The zero-order chi connectivity index (χ0) is 23.4. The Kier molecular flexibility index (Phi) is 5.19. The number of halogens is 2. The van der Waals surface area contributed by atoms with Gasteiger partial charge in [0.1, 0.15) is 17.3 Å². The molecule has 2 aromatic heterocycles. The quantitative estimate of drug-likeness (QED) is 0.424. The molecule has 1 N–H and O–H groups in total. The highest BCUT2D eigenvalue weighted by molar-refractivity contribution is 6.39. The molecule has 2 aliphatic carbocycles. The Morgan fingerprint density at radius 1 is 1.18 bits per heavy atom. The summed E-state index contributed by atoms with van der Waals surface area (Å²) in [6, 6.07) is 8.91. The zero-order valence-corrected chi connectivity index (χ0v) is 19.9. The predicted molar refractivity (Wildman–Crippen MR) is 132 cm³/mol. The van der Waals surface area contributed by atoms with Gasteiger partial charge in [0.25, 0.3) is 0 Å². The first kappa shape index (κ1) is 21.7. The Morgan fingerprint density at radius 3 is 2.59 bits per heavy atom. The van der Waals surface area contributed by atoms with Crippen LogP contribution in [0.5, 0.6) is 0 Å². The van der Waals surface area contributed by atoms with Crippen molar-refractivity contribution in [2.45, 2.75) is 38.0 Å². The molecule has 1 spiro atoms. The number of allylic oxidation sites excluding steroid dienone is 1. The number of rotatable bonds is 5. The maximum atomic E-state index is 11.1. The van der Waals surface area contributed by atoms with E-state index in [0.29, 0.717) is 16.0 Å². The third-order valence-corrected chi connectivity index (χ3v) is 7.84. The van der Waals surface area contributed by atoms with Gasteiger partial charge in [-0.05, 0) is 67.9 Å². The van der Waals surface area contributed by atoms with Gasteiger partial charge in [0.05, 0.1) is 15.6 Å². The van der Waals surface area contributed by atoms with Gasteiger partial charge in [0.2, 0.25) is 0 Å². The van der Waals surface area contributed by atoms with Crippen LogP contribution < -0.4 is 4.90 Å². The van der Waals surface area contributed by atoms with Crippen molar-refractivity contribution in [3.8, 4) is 11.3 Å². The lowest BCUT2D eigenvalue weighted by molar-refractivity contribution is 0.0696. The molecule has 3 aliphatic rings. The van der Waals surface area contributed by atoms with E-state index in [-0.39, 0.29) is 11.0 Å². The summed E-state index contributed by atoms with van der Waals surface area (Å²) in [6.45, 7) is 1.85. The summed E-state index contributed by atoms with van der Waals surface area (Å²) in [4.78, 5) is 17.7. The van der Waals surface area contributed by atoms with Crippen molar-refractivity contribution in [2.24, 2.45) is 5.41 Å². The molecule has 1 aliphatic heterocycles. The van der Waals surface area contributed by atoms with Gasteiger partial charge in [-0.3, -0.25) is 0 Å². The Balaban J connectivity index is 1.23. The number of pyridine rings is 1. The Bertz CT molecular complexity index is 1280. The smallest absolute Gasteiger partial charge is 0.337 e. The number of aromatic nitrogens is 2. The number of carbonyl (C=O) groups is 1. The summed E-state index contributed by atoms with van der Waals surface area (Å²) in [5, 5.41) is 14.6. The highest BCUT2D eigenvalue weighted by atomic mass is 35.5. The fourth-order valence-corrected chi connectivity index (χ4v) is 5.91. The van der Waals surface area contributed by atoms with Crippen molar-refractivity contribution < 1.29 is 14.4 Å². The first-order valence-electron chi connectivity index (χ1n) is 11.5. The van der Waals surface area contributed by atoms with E-state index in [1.54, 1.807) is 12.1 Å². The SMILES string of the molecule is O=C(O)c1ccc(N2CCC3(CC(=Cc4c(-c5c(Cl)cccc5Cl)noc4C4CC4)C3)C2)nc1. The number of hydrogen-bond acceptors (Lipinski definition) is 5. The molecule has 8 heteroatoms. The summed E-state index contributed by atoms with van der Waals surface area (Å²) < 4.78 is 5.80. The summed E-state index contributed by atoms with van der Waals surface area (Å²) >= 11 is 13.0. The maximum absolute atomic E-state index is 11.1. The predicted octanol–water partition coefficient (Wildman–Crippen LogP) is 6.69. The number of hydrogen-bond donors (Lipinski definition) is 1. The number of anilines is 1. The lowest BCUT2D eigenvalue weighted by Gasteiger charge is -2.41. The minimum absolute atomic E-state index is 0.209. The minimum Gasteiger partial charge on any atom is -0.478 e. The lowest BCUT2D eigenvalue weighted by Crippen LogP contribution is -2.35. The topological polar surface area (TPSA) is 79.5 Å². The van der Waals surface area contributed by atoms with Crippen LogP contribution in [0.2, 0.25) is 10.0 Å². The molecular weight excluding hydrogens is 473 g/mol. The van der Waals surface area contributed by atoms with Gasteiger partial charge in [-0.25, -0.2) is 9.78 Å². The van der Waals surface area contributed by atoms with E-state index in [9.17, 15) is 4.79 Å². The highest BCUT2D eigenvalue weighted by Gasteiger charge is 2.46. The van der Waals surface area contributed by atoms with Crippen LogP contribution in [0.3, 0.4) is 0 Å². The maximum Gasteiger partial charge on any atom is 0.337 e. The second-order valence-corrected chi connectivity index (χ2v) is 10.5. The number of aromatic carboxylic acids is 1. The molecule has 6 rings (SSSR count). The molecule has 34 heavy (non-hydrogen) atoms. The number of benzene rings is 1. The fraction of sp³-hybridized carbons (Fsp3) is 0.346. The molecular formula is C26H23Cl2N3O3. The number of carboxylic acid groups (broad SMARTS) is 1. The molecule has 0 radical (unpaired) electrons. The molecule has 6 nitrogen and oxygen atoms in total. The molecule has 3 fully saturated rings. The summed E-state index contributed by atoms with van der Waals surface area (Å²) in [6.07, 6.45) is 9.04. The standard InChI is InChI=1S/C26H23Cl2N3O3/c27-19-2-1-3-20(28)22(19)23-18(24(34-30-23)16-4-5-16)10-15-11-26(12-15)8-9-31(14-26)21-7-6-17(13-29-21)25(32)33/h1-3,6-7,10,13,16H,4-5,8-9,11-12,14H2,(H,32,33). The highest BCUT2D eigenvalue weighted by Crippen LogP contribution is 2.54. The van der Waals surface area contributed by atoms with E-state index in [1.807, 2.05) is 18.2 Å². The van der Waals surface area contributed by atoms with Crippen LogP contribution in [0, 0.1) is 5.41 Å². The Hall–Kier alpha value is -2.83. The van der Waals surface area contributed by atoms with E-state index >= 15 is 0 Å². The van der Waals surface area contributed by atoms with Gasteiger partial charge >= 0.3 is 5.97 Å². The van der Waals surface area contributed by atoms with Crippen molar-refractivity contribution >= 4 is 41.1 Å². The van der Waals surface area contributed by atoms with Crippen molar-refractivity contribution in [3.63, 3.8) is 0 Å². The van der Waals surface area contributed by atoms with Crippen LogP contribution >= 0.6 is 23.2 Å². The lowest BCUT2D eigenvalue weighted by atomic mass is 9.64. The zero-order valence-electron chi connectivity index (χ0n) is 18.4. The molecule has 3 aromatic rings. The molecule has 0 bridgehead atoms. The van der Waals surface area contributed by atoms with E-state index in [1.165, 1.54) is 11.8 Å². The van der Waals surface area contributed by atoms with Crippen LogP contribution in [0.4, 0.5) is 5.82 Å². The van der Waals surface area contributed by atoms with Gasteiger partial charge in [-0.1, -0.05) is 40.0 Å². The largest absolute Gasteiger partial charge is 0.478 e. The summed E-state index contributed by atoms with van der Waals surface area (Å²) in [5.74, 6) is 1.24. The van der Waals surface area contributed by atoms with Gasteiger partial charge < -0.3 is 14.5 Å². The van der Waals surface area contributed by atoms with Crippen LogP contribution in [-0.2, 0) is 0 Å². The van der Waals surface area contributed by atoms with Gasteiger partial charge in [-0.2, -0.15) is 0 Å². The summed E-state index contributed by atoms with van der Waals surface area (Å²) in [7, 11) is 0. The molecule has 1 saturated heterocycles. The minimum atomic E-state index is -0.956. The molecule has 3 heterocycles. The van der Waals surface area contributed by atoms with Crippen molar-refractivity contribution in [1.29, 1.82) is 0 Å². The third kappa shape index (κ3) is 3.79. The first-order valence-corrected chi connectivity index (χ1v) is 12.3. The fourth-order valence-electron chi connectivity index (χ4n) is 5.33.